The summed E-state index contributed by atoms with van der Waals surface area (Å²) in [6.45, 7) is 1.79. The molecule has 0 bridgehead atoms. The maximum Gasteiger partial charge on any atom is 0.250 e. The van der Waals surface area contributed by atoms with E-state index in [4.69, 9.17) is 5.73 Å². The number of nitrogens with zero attached hydrogens (tertiary/aromatic N) is 1. The van der Waals surface area contributed by atoms with E-state index in [1.807, 2.05) is 12.1 Å². The number of hydrogen-bond acceptors (Lipinski definition) is 2. The maximum absolute atomic E-state index is 11.7. The SMILES string of the molecule is CCC(=O)c1cc(C(N)=O)c2ccccn12. The summed E-state index contributed by atoms with van der Waals surface area (Å²) in [7, 11) is 0. The van der Waals surface area contributed by atoms with Crippen LogP contribution in [0.2, 0.25) is 0 Å². The van der Waals surface area contributed by atoms with Gasteiger partial charge in [0, 0.05) is 12.6 Å². The molecule has 4 nitrogen and oxygen atoms in total. The van der Waals surface area contributed by atoms with Crippen LogP contribution in [0.5, 0.6) is 0 Å². The molecular weight excluding hydrogens is 204 g/mol. The molecule has 2 rings (SSSR count). The average molecular weight is 216 g/mol. The molecule has 0 aliphatic heterocycles. The Labute approximate surface area is 92.7 Å². The molecular formula is C12H12N2O2. The first-order valence-corrected chi connectivity index (χ1v) is 5.08. The zero-order chi connectivity index (χ0) is 11.7. The van der Waals surface area contributed by atoms with Gasteiger partial charge in [0.25, 0.3) is 5.91 Å². The lowest BCUT2D eigenvalue weighted by Gasteiger charge is -1.99. The maximum atomic E-state index is 11.7. The van der Waals surface area contributed by atoms with Crippen molar-refractivity contribution in [1.82, 2.24) is 4.40 Å². The minimum atomic E-state index is -0.515. The highest BCUT2D eigenvalue weighted by atomic mass is 16.1. The predicted octanol–water partition coefficient (Wildman–Crippen LogP) is 1.63. The smallest absolute Gasteiger partial charge is 0.250 e. The molecule has 2 aromatic rings. The van der Waals surface area contributed by atoms with Gasteiger partial charge in [-0.3, -0.25) is 9.59 Å². The Morgan fingerprint density at radius 2 is 2.12 bits per heavy atom. The number of rotatable bonds is 3. The summed E-state index contributed by atoms with van der Waals surface area (Å²) >= 11 is 0. The second-order valence-electron chi connectivity index (χ2n) is 3.54. The van der Waals surface area contributed by atoms with Gasteiger partial charge < -0.3 is 10.1 Å². The number of pyridine rings is 1. The average Bonchev–Trinajstić information content (AvgIpc) is 2.67. The lowest BCUT2D eigenvalue weighted by Crippen LogP contribution is -2.10. The first kappa shape index (κ1) is 10.4. The molecule has 0 fully saturated rings. The minimum absolute atomic E-state index is 0.00583. The van der Waals surface area contributed by atoms with Crippen LogP contribution in [0, 0.1) is 0 Å². The van der Waals surface area contributed by atoms with Crippen LogP contribution in [0.15, 0.2) is 30.5 Å². The molecule has 4 heteroatoms. The summed E-state index contributed by atoms with van der Waals surface area (Å²) in [5.41, 5.74) is 6.84. The largest absolute Gasteiger partial charge is 0.366 e. The Morgan fingerprint density at radius 3 is 2.75 bits per heavy atom. The van der Waals surface area contributed by atoms with Gasteiger partial charge >= 0.3 is 0 Å². The number of Topliss-reactive ketones (excluding diaryl/α,β-unsaturated/α-hetero) is 1. The van der Waals surface area contributed by atoms with Gasteiger partial charge in [-0.05, 0) is 18.2 Å². The third-order valence-electron chi connectivity index (χ3n) is 2.55. The number of hydrogen-bond donors (Lipinski definition) is 1. The van der Waals surface area contributed by atoms with Crippen molar-refractivity contribution >= 4 is 17.2 Å². The highest BCUT2D eigenvalue weighted by Gasteiger charge is 2.15. The monoisotopic (exact) mass is 216 g/mol. The first-order chi connectivity index (χ1) is 7.65. The Balaban J connectivity index is 2.76. The summed E-state index contributed by atoms with van der Waals surface area (Å²) in [6, 6.07) is 6.95. The van der Waals surface area contributed by atoms with Crippen molar-refractivity contribution < 1.29 is 9.59 Å². The van der Waals surface area contributed by atoms with Gasteiger partial charge in [-0.2, -0.15) is 0 Å². The second kappa shape index (κ2) is 3.81. The molecule has 2 N–H and O–H groups in total. The number of nitrogens with two attached hydrogens (primary N) is 1. The fourth-order valence-electron chi connectivity index (χ4n) is 1.75. The van der Waals surface area contributed by atoms with Gasteiger partial charge in [0.1, 0.15) is 0 Å². The number of carbonyl (C=O) groups excluding carboxylic acids is 2. The van der Waals surface area contributed by atoms with Gasteiger partial charge in [-0.25, -0.2) is 0 Å². The number of fused-ring (bicyclic) bond motifs is 1. The van der Waals surface area contributed by atoms with Crippen molar-refractivity contribution in [2.75, 3.05) is 0 Å². The van der Waals surface area contributed by atoms with Crippen molar-refractivity contribution in [2.24, 2.45) is 5.73 Å². The van der Waals surface area contributed by atoms with E-state index in [9.17, 15) is 9.59 Å². The van der Waals surface area contributed by atoms with Crippen LogP contribution >= 0.6 is 0 Å². The van der Waals surface area contributed by atoms with Gasteiger partial charge in [-0.1, -0.05) is 13.0 Å². The molecule has 0 unspecified atom stereocenters. The Morgan fingerprint density at radius 1 is 1.38 bits per heavy atom. The lowest BCUT2D eigenvalue weighted by molar-refractivity contribution is 0.0982. The molecule has 0 aromatic carbocycles. The van der Waals surface area contributed by atoms with E-state index in [0.29, 0.717) is 23.2 Å². The fraction of sp³-hybridized carbons (Fsp3) is 0.167. The number of carbonyl (C=O) groups is 2. The molecule has 2 aromatic heterocycles. The standard InChI is InChI=1S/C12H12N2O2/c1-2-11(15)10-7-8(12(13)16)9-5-3-4-6-14(9)10/h3-7H,2H2,1H3,(H2,13,16). The highest BCUT2D eigenvalue weighted by molar-refractivity contribution is 6.05. The third kappa shape index (κ3) is 1.48. The molecule has 2 heterocycles. The third-order valence-corrected chi connectivity index (χ3v) is 2.55. The van der Waals surface area contributed by atoms with Gasteiger partial charge in [0.2, 0.25) is 0 Å². The Bertz CT molecular complexity index is 569. The molecule has 0 saturated carbocycles. The highest BCUT2D eigenvalue weighted by Crippen LogP contribution is 2.17. The minimum Gasteiger partial charge on any atom is -0.366 e. The van der Waals surface area contributed by atoms with Crippen LogP contribution in [0.25, 0.3) is 5.52 Å². The van der Waals surface area contributed by atoms with Crippen molar-refractivity contribution in [3.05, 3.63) is 41.7 Å². The van der Waals surface area contributed by atoms with Crippen LogP contribution < -0.4 is 5.73 Å². The number of amides is 1. The van der Waals surface area contributed by atoms with Crippen LogP contribution in [-0.4, -0.2) is 16.1 Å². The predicted molar refractivity (Wildman–Crippen MR) is 60.5 cm³/mol. The van der Waals surface area contributed by atoms with E-state index in [-0.39, 0.29) is 5.78 Å². The van der Waals surface area contributed by atoms with E-state index < -0.39 is 5.91 Å². The van der Waals surface area contributed by atoms with E-state index in [1.54, 1.807) is 29.7 Å². The number of ketones is 1. The van der Waals surface area contributed by atoms with Crippen LogP contribution in [-0.2, 0) is 0 Å². The molecule has 0 saturated heterocycles. The normalized spacial score (nSPS) is 10.6. The molecule has 0 spiro atoms. The van der Waals surface area contributed by atoms with Gasteiger partial charge in [0.05, 0.1) is 16.8 Å². The van der Waals surface area contributed by atoms with E-state index in [1.165, 1.54) is 0 Å². The second-order valence-corrected chi connectivity index (χ2v) is 3.54. The van der Waals surface area contributed by atoms with Crippen molar-refractivity contribution in [2.45, 2.75) is 13.3 Å². The summed E-state index contributed by atoms with van der Waals surface area (Å²) < 4.78 is 1.70. The van der Waals surface area contributed by atoms with Gasteiger partial charge in [-0.15, -0.1) is 0 Å². The number of aromatic nitrogens is 1. The molecule has 82 valence electrons. The zero-order valence-electron chi connectivity index (χ0n) is 8.93. The molecule has 0 aliphatic carbocycles. The van der Waals surface area contributed by atoms with Crippen LogP contribution in [0.3, 0.4) is 0 Å². The molecule has 16 heavy (non-hydrogen) atoms. The van der Waals surface area contributed by atoms with Crippen molar-refractivity contribution in [3.63, 3.8) is 0 Å². The Hall–Kier alpha value is -2.10. The summed E-state index contributed by atoms with van der Waals surface area (Å²) in [5.74, 6) is -0.521. The van der Waals surface area contributed by atoms with Crippen molar-refractivity contribution in [3.8, 4) is 0 Å². The summed E-state index contributed by atoms with van der Waals surface area (Å²) in [6.07, 6.45) is 2.16. The van der Waals surface area contributed by atoms with Crippen LogP contribution in [0.4, 0.5) is 0 Å². The summed E-state index contributed by atoms with van der Waals surface area (Å²) in [4.78, 5) is 22.9. The lowest BCUT2D eigenvalue weighted by atomic mass is 10.2. The summed E-state index contributed by atoms with van der Waals surface area (Å²) in [5, 5.41) is 0. The Kier molecular flexibility index (Phi) is 2.48. The van der Waals surface area contributed by atoms with Gasteiger partial charge in [0.15, 0.2) is 5.78 Å². The molecule has 1 amide bonds. The first-order valence-electron chi connectivity index (χ1n) is 5.08. The van der Waals surface area contributed by atoms with E-state index >= 15 is 0 Å². The van der Waals surface area contributed by atoms with Crippen LogP contribution in [0.1, 0.15) is 34.2 Å². The molecule has 0 aliphatic rings. The number of primary amides is 1. The van der Waals surface area contributed by atoms with E-state index in [2.05, 4.69) is 0 Å². The van der Waals surface area contributed by atoms with Crippen molar-refractivity contribution in [1.29, 1.82) is 0 Å². The molecule has 0 atom stereocenters. The van der Waals surface area contributed by atoms with E-state index in [0.717, 1.165) is 0 Å². The fourth-order valence-corrected chi connectivity index (χ4v) is 1.75. The molecule has 0 radical (unpaired) electrons. The zero-order valence-corrected chi connectivity index (χ0v) is 8.93. The quantitative estimate of drug-likeness (QED) is 0.792. The topological polar surface area (TPSA) is 64.6 Å².